The molecule has 110 valence electrons. The van der Waals surface area contributed by atoms with Crippen molar-refractivity contribution in [3.63, 3.8) is 0 Å². The lowest BCUT2D eigenvalue weighted by molar-refractivity contribution is 0.125. The number of rotatable bonds is 4. The van der Waals surface area contributed by atoms with Gasteiger partial charge in [-0.2, -0.15) is 0 Å². The van der Waals surface area contributed by atoms with Gasteiger partial charge in [-0.05, 0) is 32.6 Å². The number of carbonyl (C=O) groups excluding carboxylic acids is 1. The van der Waals surface area contributed by atoms with Crippen LogP contribution < -0.4 is 5.73 Å². The molecule has 1 aliphatic rings. The minimum absolute atomic E-state index is 0.0626. The minimum Gasteiger partial charge on any atom is -0.409 e. The van der Waals surface area contributed by atoms with E-state index in [-0.39, 0.29) is 17.9 Å². The summed E-state index contributed by atoms with van der Waals surface area (Å²) < 4.78 is 0. The van der Waals surface area contributed by atoms with Crippen molar-refractivity contribution < 1.29 is 10.0 Å². The molecule has 1 heterocycles. The van der Waals surface area contributed by atoms with Crippen LogP contribution in [-0.4, -0.2) is 52.5 Å². The first kappa shape index (κ1) is 15.6. The molecule has 0 spiro atoms. The number of urea groups is 1. The molecule has 0 aromatic heterocycles. The van der Waals surface area contributed by atoms with E-state index in [1.54, 1.807) is 4.90 Å². The molecule has 3 N–H and O–H groups in total. The van der Waals surface area contributed by atoms with Gasteiger partial charge >= 0.3 is 6.03 Å². The number of carbonyl (C=O) groups is 1. The largest absolute Gasteiger partial charge is 0.409 e. The van der Waals surface area contributed by atoms with E-state index in [1.165, 1.54) is 0 Å². The quantitative estimate of drug-likeness (QED) is 0.353. The molecule has 1 aliphatic heterocycles. The summed E-state index contributed by atoms with van der Waals surface area (Å²) in [6, 6.07) is 0.172. The maximum absolute atomic E-state index is 12.5. The zero-order chi connectivity index (χ0) is 14.4. The van der Waals surface area contributed by atoms with Gasteiger partial charge < -0.3 is 20.7 Å². The summed E-state index contributed by atoms with van der Waals surface area (Å²) in [5, 5.41) is 11.5. The van der Waals surface area contributed by atoms with Gasteiger partial charge in [-0.25, -0.2) is 4.79 Å². The smallest absolute Gasteiger partial charge is 0.320 e. The number of likely N-dealkylation sites (tertiary alicyclic amines) is 1. The minimum atomic E-state index is 0.0626. The van der Waals surface area contributed by atoms with Crippen molar-refractivity contribution in [2.75, 3.05) is 19.6 Å². The molecule has 1 saturated heterocycles. The predicted molar refractivity (Wildman–Crippen MR) is 75.2 cm³/mol. The molecule has 0 aliphatic carbocycles. The highest BCUT2D eigenvalue weighted by Gasteiger charge is 2.26. The average Bonchev–Trinajstić information content (AvgIpc) is 2.38. The van der Waals surface area contributed by atoms with Crippen LogP contribution in [0.3, 0.4) is 0 Å². The summed E-state index contributed by atoms with van der Waals surface area (Å²) >= 11 is 0. The van der Waals surface area contributed by atoms with Gasteiger partial charge in [0.25, 0.3) is 0 Å². The van der Waals surface area contributed by atoms with Crippen LogP contribution in [0.4, 0.5) is 4.79 Å². The van der Waals surface area contributed by atoms with Gasteiger partial charge in [0.15, 0.2) is 0 Å². The molecule has 6 nitrogen and oxygen atoms in total. The second kappa shape index (κ2) is 7.21. The predicted octanol–water partition coefficient (Wildman–Crippen LogP) is 1.69. The number of amides is 2. The standard InChI is InChI=1S/C13H26N4O2/c1-10(2)17(9-6-12(14)15-19)13(18)16-7-4-11(3)5-8-16/h10-11,19H,4-9H2,1-3H3,(H2,14,15). The Morgan fingerprint density at radius 1 is 1.47 bits per heavy atom. The molecule has 0 aromatic carbocycles. The molecular weight excluding hydrogens is 244 g/mol. The third kappa shape index (κ3) is 4.61. The number of piperidine rings is 1. The Bertz CT molecular complexity index is 323. The Hall–Kier alpha value is -1.46. The van der Waals surface area contributed by atoms with E-state index in [9.17, 15) is 4.79 Å². The van der Waals surface area contributed by atoms with Crippen LogP contribution in [0.1, 0.15) is 40.0 Å². The van der Waals surface area contributed by atoms with Crippen LogP contribution >= 0.6 is 0 Å². The Labute approximate surface area is 115 Å². The number of nitrogens with two attached hydrogens (primary N) is 1. The summed E-state index contributed by atoms with van der Waals surface area (Å²) in [5.74, 6) is 0.861. The van der Waals surface area contributed by atoms with Gasteiger partial charge in [0.1, 0.15) is 5.84 Å². The van der Waals surface area contributed by atoms with E-state index in [4.69, 9.17) is 10.9 Å². The third-order valence-electron chi connectivity index (χ3n) is 3.66. The SMILES string of the molecule is CC1CCN(C(=O)N(CCC(N)=NO)C(C)C)CC1. The molecule has 1 fully saturated rings. The van der Waals surface area contributed by atoms with Crippen LogP contribution in [0, 0.1) is 5.92 Å². The third-order valence-corrected chi connectivity index (χ3v) is 3.66. The van der Waals surface area contributed by atoms with Crippen molar-refractivity contribution in [3.05, 3.63) is 0 Å². The highest BCUT2D eigenvalue weighted by Crippen LogP contribution is 2.18. The van der Waals surface area contributed by atoms with E-state index >= 15 is 0 Å². The second-order valence-corrected chi connectivity index (χ2v) is 5.58. The van der Waals surface area contributed by atoms with E-state index in [0.29, 0.717) is 18.9 Å². The molecule has 6 heteroatoms. The molecule has 0 radical (unpaired) electrons. The van der Waals surface area contributed by atoms with Crippen LogP contribution in [-0.2, 0) is 0 Å². The van der Waals surface area contributed by atoms with E-state index < -0.39 is 0 Å². The molecule has 0 aromatic rings. The molecule has 0 unspecified atom stereocenters. The zero-order valence-corrected chi connectivity index (χ0v) is 12.2. The summed E-state index contributed by atoms with van der Waals surface area (Å²) in [6.07, 6.45) is 2.53. The van der Waals surface area contributed by atoms with Gasteiger partial charge in [0, 0.05) is 32.1 Å². The van der Waals surface area contributed by atoms with E-state index in [0.717, 1.165) is 25.9 Å². The van der Waals surface area contributed by atoms with E-state index in [1.807, 2.05) is 18.7 Å². The fourth-order valence-corrected chi connectivity index (χ4v) is 2.24. The molecular formula is C13H26N4O2. The first-order chi connectivity index (χ1) is 8.95. The molecule has 1 rings (SSSR count). The summed E-state index contributed by atoms with van der Waals surface area (Å²) in [5.41, 5.74) is 5.47. The second-order valence-electron chi connectivity index (χ2n) is 5.58. The molecule has 0 saturated carbocycles. The van der Waals surface area contributed by atoms with Crippen LogP contribution in [0.2, 0.25) is 0 Å². The average molecular weight is 270 g/mol. The number of amidine groups is 1. The Morgan fingerprint density at radius 3 is 2.53 bits per heavy atom. The first-order valence-electron chi connectivity index (χ1n) is 6.97. The highest BCUT2D eigenvalue weighted by molar-refractivity contribution is 5.81. The number of nitrogens with zero attached hydrogens (tertiary/aromatic N) is 3. The Balaban J connectivity index is 2.57. The molecule has 19 heavy (non-hydrogen) atoms. The number of hydrogen-bond donors (Lipinski definition) is 2. The zero-order valence-electron chi connectivity index (χ0n) is 12.2. The van der Waals surface area contributed by atoms with Gasteiger partial charge in [-0.15, -0.1) is 0 Å². The summed E-state index contributed by atoms with van der Waals surface area (Å²) in [7, 11) is 0. The van der Waals surface area contributed by atoms with Crippen molar-refractivity contribution in [3.8, 4) is 0 Å². The van der Waals surface area contributed by atoms with Crippen molar-refractivity contribution in [1.29, 1.82) is 0 Å². The lowest BCUT2D eigenvalue weighted by atomic mass is 9.99. The van der Waals surface area contributed by atoms with Gasteiger partial charge in [-0.1, -0.05) is 12.1 Å². The van der Waals surface area contributed by atoms with Crippen molar-refractivity contribution in [2.24, 2.45) is 16.8 Å². The number of hydrogen-bond acceptors (Lipinski definition) is 3. The van der Waals surface area contributed by atoms with Crippen molar-refractivity contribution >= 4 is 11.9 Å². The lowest BCUT2D eigenvalue weighted by Crippen LogP contribution is -2.49. The first-order valence-corrected chi connectivity index (χ1v) is 6.97. The van der Waals surface area contributed by atoms with Gasteiger partial charge in [0.2, 0.25) is 0 Å². The van der Waals surface area contributed by atoms with Crippen LogP contribution in [0.25, 0.3) is 0 Å². The van der Waals surface area contributed by atoms with Crippen molar-refractivity contribution in [1.82, 2.24) is 9.80 Å². The molecule has 0 bridgehead atoms. The Morgan fingerprint density at radius 2 is 2.05 bits per heavy atom. The lowest BCUT2D eigenvalue weighted by Gasteiger charge is -2.36. The van der Waals surface area contributed by atoms with E-state index in [2.05, 4.69) is 12.1 Å². The Kier molecular flexibility index (Phi) is 5.92. The van der Waals surface area contributed by atoms with Crippen molar-refractivity contribution in [2.45, 2.75) is 46.1 Å². The van der Waals surface area contributed by atoms with Gasteiger partial charge in [-0.3, -0.25) is 0 Å². The monoisotopic (exact) mass is 270 g/mol. The topological polar surface area (TPSA) is 82.2 Å². The fourth-order valence-electron chi connectivity index (χ4n) is 2.24. The maximum Gasteiger partial charge on any atom is 0.320 e. The van der Waals surface area contributed by atoms with Gasteiger partial charge in [0.05, 0.1) is 0 Å². The normalized spacial score (nSPS) is 17.9. The van der Waals surface area contributed by atoms with Crippen LogP contribution in [0.5, 0.6) is 0 Å². The fraction of sp³-hybridized carbons (Fsp3) is 0.846. The summed E-state index contributed by atoms with van der Waals surface area (Å²) in [6.45, 7) is 8.33. The highest BCUT2D eigenvalue weighted by atomic mass is 16.4. The molecule has 2 amide bonds. The molecule has 0 atom stereocenters. The van der Waals surface area contributed by atoms with Crippen LogP contribution in [0.15, 0.2) is 5.16 Å². The maximum atomic E-state index is 12.5. The number of oxime groups is 1. The summed E-state index contributed by atoms with van der Waals surface area (Å²) in [4.78, 5) is 16.2.